The van der Waals surface area contributed by atoms with Crippen LogP contribution in [0.5, 0.6) is 0 Å². The van der Waals surface area contributed by atoms with E-state index in [1.165, 1.54) is 0 Å². The summed E-state index contributed by atoms with van der Waals surface area (Å²) in [7, 11) is -3.08. The summed E-state index contributed by atoms with van der Waals surface area (Å²) in [6.07, 6.45) is 0.462. The number of benzene rings is 2. The third kappa shape index (κ3) is 4.52. The van der Waals surface area contributed by atoms with Gasteiger partial charge in [-0.1, -0.05) is 29.8 Å². The number of para-hydroxylation sites is 1. The Bertz CT molecular complexity index is 838. The Balaban J connectivity index is 1.76. The van der Waals surface area contributed by atoms with Crippen molar-refractivity contribution in [3.05, 3.63) is 59.6 Å². The molecular weight excluding hydrogens is 360 g/mol. The summed E-state index contributed by atoms with van der Waals surface area (Å²) < 4.78 is 23.7. The van der Waals surface area contributed by atoms with Crippen LogP contribution in [0, 0.1) is 0 Å². The molecule has 7 heteroatoms. The van der Waals surface area contributed by atoms with Crippen molar-refractivity contribution in [1.82, 2.24) is 0 Å². The fourth-order valence-corrected chi connectivity index (χ4v) is 4.78. The summed E-state index contributed by atoms with van der Waals surface area (Å²) in [5.74, 6) is -0.0312. The molecule has 132 valence electrons. The number of hydrogen-bond donors (Lipinski definition) is 1. The molecule has 1 saturated heterocycles. The number of carbonyl (C=O) groups is 1. The number of anilines is 2. The molecule has 2 aromatic carbocycles. The second kappa shape index (κ2) is 7.45. The van der Waals surface area contributed by atoms with Gasteiger partial charge in [0.25, 0.3) is 0 Å². The second-order valence-electron chi connectivity index (χ2n) is 6.02. The zero-order chi connectivity index (χ0) is 17.9. The van der Waals surface area contributed by atoms with Crippen LogP contribution < -0.4 is 10.2 Å². The van der Waals surface area contributed by atoms with Crippen LogP contribution in [0.25, 0.3) is 0 Å². The lowest BCUT2D eigenvalue weighted by Gasteiger charge is -2.28. The van der Waals surface area contributed by atoms with Crippen LogP contribution in [0.2, 0.25) is 5.02 Å². The van der Waals surface area contributed by atoms with Crippen LogP contribution in [0.4, 0.5) is 11.4 Å². The lowest BCUT2D eigenvalue weighted by Crippen LogP contribution is -2.44. The molecule has 0 aromatic heterocycles. The van der Waals surface area contributed by atoms with E-state index in [-0.39, 0.29) is 30.0 Å². The van der Waals surface area contributed by atoms with Crippen molar-refractivity contribution in [3.8, 4) is 0 Å². The highest BCUT2D eigenvalue weighted by atomic mass is 35.5. The van der Waals surface area contributed by atoms with E-state index < -0.39 is 9.84 Å². The topological polar surface area (TPSA) is 66.5 Å². The van der Waals surface area contributed by atoms with Gasteiger partial charge in [-0.05, 0) is 42.8 Å². The molecular formula is C18H19ClN2O3S. The van der Waals surface area contributed by atoms with Crippen molar-refractivity contribution in [2.45, 2.75) is 12.5 Å². The standard InChI is InChI=1S/C18H19ClN2O3S/c19-14-6-8-15(9-7-14)20-12-18(22)21(16-4-2-1-3-5-16)17-10-11-25(23,24)13-17/h1-9,17,20H,10-13H2/t17-/m1/s1. The van der Waals surface area contributed by atoms with Crippen molar-refractivity contribution in [3.63, 3.8) is 0 Å². The minimum Gasteiger partial charge on any atom is -0.376 e. The number of rotatable bonds is 5. The van der Waals surface area contributed by atoms with E-state index in [0.29, 0.717) is 17.1 Å². The Kier molecular flexibility index (Phi) is 5.30. The molecule has 1 aliphatic heterocycles. The summed E-state index contributed by atoms with van der Waals surface area (Å²) in [6.45, 7) is 0.0765. The fourth-order valence-electron chi connectivity index (χ4n) is 2.96. The van der Waals surface area contributed by atoms with Gasteiger partial charge in [-0.15, -0.1) is 0 Å². The van der Waals surface area contributed by atoms with Crippen molar-refractivity contribution in [2.75, 3.05) is 28.3 Å². The first-order valence-corrected chi connectivity index (χ1v) is 10.2. The minimum absolute atomic E-state index is 0.00851. The highest BCUT2D eigenvalue weighted by molar-refractivity contribution is 7.91. The van der Waals surface area contributed by atoms with Crippen LogP contribution in [-0.4, -0.2) is 38.4 Å². The molecule has 0 bridgehead atoms. The van der Waals surface area contributed by atoms with Gasteiger partial charge in [0.05, 0.1) is 24.1 Å². The van der Waals surface area contributed by atoms with Crippen LogP contribution in [0.1, 0.15) is 6.42 Å². The van der Waals surface area contributed by atoms with Gasteiger partial charge in [0.15, 0.2) is 9.84 Å². The third-order valence-corrected chi connectivity index (χ3v) is 6.17. The van der Waals surface area contributed by atoms with Crippen molar-refractivity contribution >= 4 is 38.7 Å². The van der Waals surface area contributed by atoms with Crippen LogP contribution in [0.3, 0.4) is 0 Å². The third-order valence-electron chi connectivity index (χ3n) is 4.16. The van der Waals surface area contributed by atoms with E-state index in [2.05, 4.69) is 5.32 Å². The number of hydrogen-bond acceptors (Lipinski definition) is 4. The summed E-state index contributed by atoms with van der Waals surface area (Å²) in [5.41, 5.74) is 1.50. The lowest BCUT2D eigenvalue weighted by atomic mass is 10.1. The van der Waals surface area contributed by atoms with Crippen LogP contribution >= 0.6 is 11.6 Å². The minimum atomic E-state index is -3.08. The fraction of sp³-hybridized carbons (Fsp3) is 0.278. The summed E-state index contributed by atoms with van der Waals surface area (Å²) in [5, 5.41) is 3.69. The van der Waals surface area contributed by atoms with E-state index in [1.54, 1.807) is 29.2 Å². The summed E-state index contributed by atoms with van der Waals surface area (Å²) >= 11 is 5.86. The zero-order valence-electron chi connectivity index (χ0n) is 13.6. The number of amides is 1. The number of sulfone groups is 1. The summed E-state index contributed by atoms with van der Waals surface area (Å²) in [4.78, 5) is 14.4. The molecule has 1 atom stereocenters. The van der Waals surface area contributed by atoms with E-state index in [9.17, 15) is 13.2 Å². The van der Waals surface area contributed by atoms with E-state index >= 15 is 0 Å². The van der Waals surface area contributed by atoms with Gasteiger partial charge >= 0.3 is 0 Å². The van der Waals surface area contributed by atoms with Crippen molar-refractivity contribution < 1.29 is 13.2 Å². The molecule has 1 heterocycles. The van der Waals surface area contributed by atoms with Gasteiger partial charge in [-0.2, -0.15) is 0 Å². The molecule has 25 heavy (non-hydrogen) atoms. The largest absolute Gasteiger partial charge is 0.376 e. The second-order valence-corrected chi connectivity index (χ2v) is 8.68. The normalized spacial score (nSPS) is 18.7. The van der Waals surface area contributed by atoms with E-state index in [4.69, 9.17) is 11.6 Å². The molecule has 0 aliphatic carbocycles. The average Bonchev–Trinajstić information content (AvgIpc) is 2.95. The Morgan fingerprint density at radius 3 is 2.40 bits per heavy atom. The van der Waals surface area contributed by atoms with Gasteiger partial charge in [-0.25, -0.2) is 8.42 Å². The van der Waals surface area contributed by atoms with E-state index in [1.807, 2.05) is 30.3 Å². The molecule has 0 unspecified atom stereocenters. The quantitative estimate of drug-likeness (QED) is 0.868. The molecule has 1 N–H and O–H groups in total. The van der Waals surface area contributed by atoms with Crippen molar-refractivity contribution in [2.24, 2.45) is 0 Å². The first kappa shape index (κ1) is 17.8. The lowest BCUT2D eigenvalue weighted by molar-refractivity contribution is -0.117. The predicted octanol–water partition coefficient (Wildman–Crippen LogP) is 2.97. The average molecular weight is 379 g/mol. The smallest absolute Gasteiger partial charge is 0.246 e. The van der Waals surface area contributed by atoms with Gasteiger partial charge in [0, 0.05) is 16.4 Å². The molecule has 1 fully saturated rings. The monoisotopic (exact) mass is 378 g/mol. The van der Waals surface area contributed by atoms with Crippen LogP contribution in [-0.2, 0) is 14.6 Å². The predicted molar refractivity (Wildman–Crippen MR) is 101 cm³/mol. The van der Waals surface area contributed by atoms with Gasteiger partial charge in [-0.3, -0.25) is 4.79 Å². The Morgan fingerprint density at radius 1 is 1.12 bits per heavy atom. The molecule has 2 aromatic rings. The van der Waals surface area contributed by atoms with Crippen molar-refractivity contribution in [1.29, 1.82) is 0 Å². The molecule has 0 radical (unpaired) electrons. The van der Waals surface area contributed by atoms with Gasteiger partial charge in [0.2, 0.25) is 5.91 Å². The molecule has 3 rings (SSSR count). The van der Waals surface area contributed by atoms with E-state index in [0.717, 1.165) is 5.69 Å². The first-order valence-electron chi connectivity index (χ1n) is 8.01. The maximum atomic E-state index is 12.8. The number of nitrogens with zero attached hydrogens (tertiary/aromatic N) is 1. The van der Waals surface area contributed by atoms with Crippen LogP contribution in [0.15, 0.2) is 54.6 Å². The maximum absolute atomic E-state index is 12.8. The maximum Gasteiger partial charge on any atom is 0.246 e. The first-order chi connectivity index (χ1) is 11.9. The Labute approximate surface area is 152 Å². The molecule has 0 spiro atoms. The SMILES string of the molecule is O=C(CNc1ccc(Cl)cc1)N(c1ccccc1)[C@@H]1CCS(=O)(=O)C1. The number of carbonyl (C=O) groups excluding carboxylic acids is 1. The Morgan fingerprint density at radius 2 is 1.80 bits per heavy atom. The number of halogens is 1. The molecule has 5 nitrogen and oxygen atoms in total. The molecule has 0 saturated carbocycles. The number of nitrogens with one attached hydrogen (secondary N) is 1. The Hall–Kier alpha value is -2.05. The highest BCUT2D eigenvalue weighted by Gasteiger charge is 2.35. The molecule has 1 amide bonds. The summed E-state index contributed by atoms with van der Waals surface area (Å²) in [6, 6.07) is 15.9. The molecule has 1 aliphatic rings. The zero-order valence-corrected chi connectivity index (χ0v) is 15.1. The van der Waals surface area contributed by atoms with Gasteiger partial charge < -0.3 is 10.2 Å². The highest BCUT2D eigenvalue weighted by Crippen LogP contribution is 2.24. The van der Waals surface area contributed by atoms with Gasteiger partial charge in [0.1, 0.15) is 0 Å².